The standard InChI is InChI=1S/C25H28O5S/c1-18(26)15-30-25-8-4-6-23-19(5-3-7-24(23)25)13-14-31-17-20(27)16-29-22-11-9-21(28-2)10-12-22/h3-12,20,27H,13-17H2,1-2H3. The van der Waals surface area contributed by atoms with Crippen LogP contribution in [0.5, 0.6) is 17.2 Å². The number of aliphatic hydroxyl groups is 1. The van der Waals surface area contributed by atoms with E-state index in [1.165, 1.54) is 12.5 Å². The van der Waals surface area contributed by atoms with Gasteiger partial charge in [-0.15, -0.1) is 0 Å². The molecule has 31 heavy (non-hydrogen) atoms. The van der Waals surface area contributed by atoms with Crippen molar-refractivity contribution >= 4 is 28.3 Å². The van der Waals surface area contributed by atoms with Gasteiger partial charge >= 0.3 is 0 Å². The first kappa shape index (κ1) is 23.0. The fourth-order valence-corrected chi connectivity index (χ4v) is 4.08. The maximum absolute atomic E-state index is 11.2. The van der Waals surface area contributed by atoms with Gasteiger partial charge in [0, 0.05) is 11.1 Å². The molecule has 0 saturated carbocycles. The number of fused-ring (bicyclic) bond motifs is 1. The van der Waals surface area contributed by atoms with Crippen molar-refractivity contribution in [2.45, 2.75) is 19.4 Å². The number of hydrogen-bond acceptors (Lipinski definition) is 6. The summed E-state index contributed by atoms with van der Waals surface area (Å²) in [5.74, 6) is 3.70. The lowest BCUT2D eigenvalue weighted by Gasteiger charge is -2.13. The van der Waals surface area contributed by atoms with E-state index in [0.717, 1.165) is 34.4 Å². The molecule has 0 spiro atoms. The van der Waals surface area contributed by atoms with Gasteiger partial charge in [0.25, 0.3) is 0 Å². The highest BCUT2D eigenvalue weighted by Crippen LogP contribution is 2.29. The van der Waals surface area contributed by atoms with E-state index in [1.807, 2.05) is 48.5 Å². The van der Waals surface area contributed by atoms with Crippen molar-refractivity contribution in [3.63, 3.8) is 0 Å². The molecule has 5 nitrogen and oxygen atoms in total. The number of carbonyl (C=O) groups is 1. The number of thioether (sulfide) groups is 1. The molecule has 0 bridgehead atoms. The van der Waals surface area contributed by atoms with Gasteiger partial charge in [0.2, 0.25) is 0 Å². The molecule has 0 heterocycles. The van der Waals surface area contributed by atoms with Gasteiger partial charge in [-0.3, -0.25) is 4.79 Å². The fraction of sp³-hybridized carbons (Fsp3) is 0.320. The number of ketones is 1. The second-order valence-corrected chi connectivity index (χ2v) is 8.37. The lowest BCUT2D eigenvalue weighted by atomic mass is 10.0. The summed E-state index contributed by atoms with van der Waals surface area (Å²) in [6.45, 7) is 1.85. The summed E-state index contributed by atoms with van der Waals surface area (Å²) in [4.78, 5) is 11.2. The Kier molecular flexibility index (Phi) is 8.62. The number of ether oxygens (including phenoxy) is 3. The molecule has 0 saturated heterocycles. The predicted molar refractivity (Wildman–Crippen MR) is 126 cm³/mol. The third kappa shape index (κ3) is 6.91. The molecule has 1 unspecified atom stereocenters. The van der Waals surface area contributed by atoms with E-state index in [9.17, 15) is 9.90 Å². The largest absolute Gasteiger partial charge is 0.497 e. The van der Waals surface area contributed by atoms with Crippen molar-refractivity contribution in [1.29, 1.82) is 0 Å². The maximum atomic E-state index is 11.2. The third-order valence-corrected chi connectivity index (χ3v) is 5.84. The molecule has 3 aromatic rings. The number of Topliss-reactive ketones (excluding diaryl/α,β-unsaturated/α-hetero) is 1. The first-order valence-electron chi connectivity index (χ1n) is 10.2. The minimum atomic E-state index is -0.536. The second kappa shape index (κ2) is 11.6. The Hall–Kier alpha value is -2.70. The van der Waals surface area contributed by atoms with E-state index in [1.54, 1.807) is 18.9 Å². The molecule has 1 atom stereocenters. The number of benzene rings is 3. The third-order valence-electron chi connectivity index (χ3n) is 4.73. The molecule has 1 N–H and O–H groups in total. The average molecular weight is 441 g/mol. The Bertz CT molecular complexity index is 987. The minimum Gasteiger partial charge on any atom is -0.497 e. The molecule has 0 aliphatic rings. The molecule has 0 aromatic heterocycles. The highest BCUT2D eigenvalue weighted by Gasteiger charge is 2.09. The molecule has 0 aliphatic heterocycles. The monoisotopic (exact) mass is 440 g/mol. The molecular weight excluding hydrogens is 412 g/mol. The first-order valence-corrected chi connectivity index (χ1v) is 11.4. The van der Waals surface area contributed by atoms with Crippen LogP contribution in [-0.2, 0) is 11.2 Å². The second-order valence-electron chi connectivity index (χ2n) is 7.22. The first-order chi connectivity index (χ1) is 15.1. The number of aryl methyl sites for hydroxylation is 1. The Balaban J connectivity index is 1.47. The van der Waals surface area contributed by atoms with Gasteiger partial charge in [0.1, 0.15) is 30.5 Å². The molecule has 0 fully saturated rings. The van der Waals surface area contributed by atoms with Crippen LogP contribution in [0, 0.1) is 0 Å². The van der Waals surface area contributed by atoms with E-state index < -0.39 is 6.10 Å². The van der Waals surface area contributed by atoms with Crippen LogP contribution in [0.4, 0.5) is 0 Å². The summed E-state index contributed by atoms with van der Waals surface area (Å²) >= 11 is 1.70. The van der Waals surface area contributed by atoms with Gasteiger partial charge in [-0.2, -0.15) is 11.8 Å². The van der Waals surface area contributed by atoms with E-state index in [-0.39, 0.29) is 19.0 Å². The van der Waals surface area contributed by atoms with Crippen LogP contribution in [0.1, 0.15) is 12.5 Å². The highest BCUT2D eigenvalue weighted by atomic mass is 32.2. The molecule has 6 heteroatoms. The molecule has 3 rings (SSSR count). The molecule has 0 amide bonds. The Morgan fingerprint density at radius 2 is 1.68 bits per heavy atom. The molecule has 0 aliphatic carbocycles. The summed E-state index contributed by atoms with van der Waals surface area (Å²) < 4.78 is 16.4. The SMILES string of the molecule is COc1ccc(OCC(O)CSCCc2cccc3c(OCC(C)=O)cccc23)cc1. The summed E-state index contributed by atoms with van der Waals surface area (Å²) in [7, 11) is 1.62. The van der Waals surface area contributed by atoms with Crippen LogP contribution in [0.25, 0.3) is 10.8 Å². The van der Waals surface area contributed by atoms with Crippen LogP contribution in [0.3, 0.4) is 0 Å². The minimum absolute atomic E-state index is 0.000847. The van der Waals surface area contributed by atoms with Crippen LogP contribution in [0.2, 0.25) is 0 Å². The van der Waals surface area contributed by atoms with Crippen molar-refractivity contribution in [3.8, 4) is 17.2 Å². The van der Waals surface area contributed by atoms with Crippen molar-refractivity contribution in [2.75, 3.05) is 31.8 Å². The summed E-state index contributed by atoms with van der Waals surface area (Å²) in [5.41, 5.74) is 1.22. The molecule has 164 valence electrons. The normalized spacial score (nSPS) is 11.8. The van der Waals surface area contributed by atoms with Gasteiger partial charge < -0.3 is 19.3 Å². The quantitative estimate of drug-likeness (QED) is 0.418. The summed E-state index contributed by atoms with van der Waals surface area (Å²) in [6, 6.07) is 19.4. The van der Waals surface area contributed by atoms with E-state index >= 15 is 0 Å². The Labute approximate surface area is 187 Å². The zero-order valence-electron chi connectivity index (χ0n) is 17.9. The van der Waals surface area contributed by atoms with Gasteiger partial charge in [-0.05, 0) is 60.4 Å². The number of aliphatic hydroxyl groups excluding tert-OH is 1. The Morgan fingerprint density at radius 1 is 0.968 bits per heavy atom. The van der Waals surface area contributed by atoms with Crippen molar-refractivity contribution in [3.05, 3.63) is 66.2 Å². The van der Waals surface area contributed by atoms with E-state index in [0.29, 0.717) is 11.5 Å². The average Bonchev–Trinajstić information content (AvgIpc) is 2.79. The van der Waals surface area contributed by atoms with Crippen LogP contribution in [0.15, 0.2) is 60.7 Å². The fourth-order valence-electron chi connectivity index (χ4n) is 3.18. The van der Waals surface area contributed by atoms with Crippen molar-refractivity contribution in [2.24, 2.45) is 0 Å². The summed E-state index contributed by atoms with van der Waals surface area (Å²) in [5, 5.41) is 12.4. The number of rotatable bonds is 12. The van der Waals surface area contributed by atoms with Gasteiger partial charge in [-0.25, -0.2) is 0 Å². The van der Waals surface area contributed by atoms with Gasteiger partial charge in [-0.1, -0.05) is 30.3 Å². The van der Waals surface area contributed by atoms with E-state index in [4.69, 9.17) is 14.2 Å². The van der Waals surface area contributed by atoms with Crippen molar-refractivity contribution < 1.29 is 24.1 Å². The zero-order valence-corrected chi connectivity index (χ0v) is 18.7. The van der Waals surface area contributed by atoms with Crippen LogP contribution >= 0.6 is 11.8 Å². The van der Waals surface area contributed by atoms with Gasteiger partial charge in [0.05, 0.1) is 13.2 Å². The molecule has 3 aromatic carbocycles. The smallest absolute Gasteiger partial charge is 0.167 e. The number of methoxy groups -OCH3 is 1. The Morgan fingerprint density at radius 3 is 2.42 bits per heavy atom. The maximum Gasteiger partial charge on any atom is 0.167 e. The topological polar surface area (TPSA) is 65.0 Å². The molecular formula is C25H28O5S. The summed E-state index contributed by atoms with van der Waals surface area (Å²) in [6.07, 6.45) is 0.343. The lowest BCUT2D eigenvalue weighted by molar-refractivity contribution is -0.118. The predicted octanol–water partition coefficient (Wildman–Crippen LogP) is 4.53. The van der Waals surface area contributed by atoms with E-state index in [2.05, 4.69) is 12.1 Å². The van der Waals surface area contributed by atoms with Crippen molar-refractivity contribution in [1.82, 2.24) is 0 Å². The molecule has 0 radical (unpaired) electrons. The zero-order chi connectivity index (χ0) is 22.1. The van der Waals surface area contributed by atoms with Crippen LogP contribution in [-0.4, -0.2) is 48.8 Å². The lowest BCUT2D eigenvalue weighted by Crippen LogP contribution is -2.20. The number of hydrogen-bond donors (Lipinski definition) is 1. The number of carbonyl (C=O) groups excluding carboxylic acids is 1. The van der Waals surface area contributed by atoms with Crippen LogP contribution < -0.4 is 14.2 Å². The van der Waals surface area contributed by atoms with Gasteiger partial charge in [0.15, 0.2) is 5.78 Å². The highest BCUT2D eigenvalue weighted by molar-refractivity contribution is 7.99.